The first kappa shape index (κ1) is 11.9. The fourth-order valence-corrected chi connectivity index (χ4v) is 1.82. The van der Waals surface area contributed by atoms with Gasteiger partial charge in [0, 0.05) is 28.9 Å². The second-order valence-corrected chi connectivity index (χ2v) is 4.30. The van der Waals surface area contributed by atoms with E-state index in [-0.39, 0.29) is 0 Å². The summed E-state index contributed by atoms with van der Waals surface area (Å²) in [5.74, 6) is 1.55. The van der Waals surface area contributed by atoms with Gasteiger partial charge in [0.15, 0.2) is 5.82 Å². The molecule has 0 unspecified atom stereocenters. The molecule has 2 rings (SSSR count). The normalized spacial score (nSPS) is 10.4. The predicted molar refractivity (Wildman–Crippen MR) is 71.5 cm³/mol. The Kier molecular flexibility index (Phi) is 3.29. The molecule has 1 aromatic heterocycles. The zero-order valence-electron chi connectivity index (χ0n) is 10.1. The number of nitrogens with one attached hydrogen (secondary N) is 1. The number of aryl methyl sites for hydroxylation is 1. The summed E-state index contributed by atoms with van der Waals surface area (Å²) < 4.78 is 0. The first-order valence-electron chi connectivity index (χ1n) is 5.40. The molecule has 0 aliphatic rings. The van der Waals surface area contributed by atoms with E-state index in [1.54, 1.807) is 0 Å². The molecule has 0 saturated carbocycles. The van der Waals surface area contributed by atoms with Crippen LogP contribution in [0.25, 0.3) is 11.4 Å². The minimum absolute atomic E-state index is 0.690. The summed E-state index contributed by atoms with van der Waals surface area (Å²) in [6, 6.07) is 7.56. The molecular formula is C13H14ClN3. The second-order valence-electron chi connectivity index (χ2n) is 3.87. The fourth-order valence-electron chi connectivity index (χ4n) is 1.63. The molecular weight excluding hydrogens is 234 g/mol. The van der Waals surface area contributed by atoms with Gasteiger partial charge < -0.3 is 5.32 Å². The minimum Gasteiger partial charge on any atom is -0.373 e. The molecule has 17 heavy (non-hydrogen) atoms. The highest BCUT2D eigenvalue weighted by atomic mass is 35.5. The molecule has 0 amide bonds. The molecule has 4 heteroatoms. The molecule has 1 N–H and O–H groups in total. The summed E-state index contributed by atoms with van der Waals surface area (Å²) >= 11 is 5.97. The molecule has 0 aliphatic carbocycles. The molecule has 2 aromatic rings. The topological polar surface area (TPSA) is 37.8 Å². The molecule has 0 bridgehead atoms. The van der Waals surface area contributed by atoms with Gasteiger partial charge in [0.05, 0.1) is 0 Å². The van der Waals surface area contributed by atoms with Gasteiger partial charge in [0.2, 0.25) is 0 Å². The second kappa shape index (κ2) is 4.72. The Morgan fingerprint density at radius 2 is 1.94 bits per heavy atom. The first-order chi connectivity index (χ1) is 8.11. The molecule has 0 saturated heterocycles. The van der Waals surface area contributed by atoms with Crippen LogP contribution >= 0.6 is 11.6 Å². The van der Waals surface area contributed by atoms with Crippen molar-refractivity contribution < 1.29 is 0 Å². The maximum absolute atomic E-state index is 5.97. The standard InChI is InChI=1S/C13H14ClN3/c1-8-9(2)16-13(17-12(8)15-3)10-5-4-6-11(14)7-10/h4-7H,1-3H3,(H,15,16,17). The number of rotatable bonds is 2. The van der Waals surface area contributed by atoms with Crippen molar-refractivity contribution in [3.8, 4) is 11.4 Å². The maximum Gasteiger partial charge on any atom is 0.161 e. The van der Waals surface area contributed by atoms with Crippen LogP contribution in [0.3, 0.4) is 0 Å². The molecule has 88 valence electrons. The van der Waals surface area contributed by atoms with Gasteiger partial charge in [-0.15, -0.1) is 0 Å². The highest BCUT2D eigenvalue weighted by Crippen LogP contribution is 2.23. The maximum atomic E-state index is 5.97. The van der Waals surface area contributed by atoms with Gasteiger partial charge in [-0.1, -0.05) is 23.7 Å². The van der Waals surface area contributed by atoms with Gasteiger partial charge in [-0.3, -0.25) is 0 Å². The summed E-state index contributed by atoms with van der Waals surface area (Å²) in [5.41, 5.74) is 2.97. The van der Waals surface area contributed by atoms with E-state index in [0.717, 1.165) is 22.6 Å². The zero-order valence-corrected chi connectivity index (χ0v) is 10.8. The number of anilines is 1. The highest BCUT2D eigenvalue weighted by molar-refractivity contribution is 6.30. The van der Waals surface area contributed by atoms with Crippen molar-refractivity contribution in [3.63, 3.8) is 0 Å². The van der Waals surface area contributed by atoms with Gasteiger partial charge >= 0.3 is 0 Å². The molecule has 0 fully saturated rings. The van der Waals surface area contributed by atoms with Crippen LogP contribution in [0.5, 0.6) is 0 Å². The lowest BCUT2D eigenvalue weighted by Crippen LogP contribution is -2.02. The van der Waals surface area contributed by atoms with Gasteiger partial charge in [0.25, 0.3) is 0 Å². The summed E-state index contributed by atoms with van der Waals surface area (Å²) in [6.45, 7) is 3.98. The Labute approximate surface area is 106 Å². The first-order valence-corrected chi connectivity index (χ1v) is 5.78. The number of hydrogen-bond donors (Lipinski definition) is 1. The Hall–Kier alpha value is -1.61. The zero-order chi connectivity index (χ0) is 12.4. The van der Waals surface area contributed by atoms with Crippen molar-refractivity contribution in [3.05, 3.63) is 40.5 Å². The summed E-state index contributed by atoms with van der Waals surface area (Å²) in [7, 11) is 1.86. The number of halogens is 1. The molecule has 1 heterocycles. The number of aromatic nitrogens is 2. The quantitative estimate of drug-likeness (QED) is 0.883. The van der Waals surface area contributed by atoms with E-state index >= 15 is 0 Å². The molecule has 0 spiro atoms. The summed E-state index contributed by atoms with van der Waals surface area (Å²) in [5, 5.41) is 3.77. The van der Waals surface area contributed by atoms with E-state index in [2.05, 4.69) is 15.3 Å². The average molecular weight is 248 g/mol. The molecule has 1 aromatic carbocycles. The number of benzene rings is 1. The largest absolute Gasteiger partial charge is 0.373 e. The van der Waals surface area contributed by atoms with E-state index in [1.807, 2.05) is 45.2 Å². The Bertz CT molecular complexity index is 552. The third kappa shape index (κ3) is 2.39. The van der Waals surface area contributed by atoms with Crippen LogP contribution in [-0.4, -0.2) is 17.0 Å². The summed E-state index contributed by atoms with van der Waals surface area (Å²) in [6.07, 6.45) is 0. The van der Waals surface area contributed by atoms with E-state index < -0.39 is 0 Å². The van der Waals surface area contributed by atoms with Crippen LogP contribution < -0.4 is 5.32 Å². The van der Waals surface area contributed by atoms with Crippen LogP contribution in [0.2, 0.25) is 5.02 Å². The molecule has 0 atom stereocenters. The minimum atomic E-state index is 0.690. The van der Waals surface area contributed by atoms with E-state index in [4.69, 9.17) is 11.6 Å². The van der Waals surface area contributed by atoms with Crippen molar-refractivity contribution in [1.82, 2.24) is 9.97 Å². The predicted octanol–water partition coefficient (Wildman–Crippen LogP) is 3.46. The van der Waals surface area contributed by atoms with Crippen LogP contribution in [0, 0.1) is 13.8 Å². The van der Waals surface area contributed by atoms with Gasteiger partial charge in [-0.05, 0) is 26.0 Å². The lowest BCUT2D eigenvalue weighted by Gasteiger charge is -2.09. The van der Waals surface area contributed by atoms with Crippen molar-refractivity contribution in [1.29, 1.82) is 0 Å². The van der Waals surface area contributed by atoms with E-state index in [0.29, 0.717) is 10.8 Å². The highest BCUT2D eigenvalue weighted by Gasteiger charge is 2.08. The fraction of sp³-hybridized carbons (Fsp3) is 0.231. The Morgan fingerprint density at radius 1 is 1.18 bits per heavy atom. The summed E-state index contributed by atoms with van der Waals surface area (Å²) in [4.78, 5) is 8.97. The molecule has 0 radical (unpaired) electrons. The van der Waals surface area contributed by atoms with Crippen molar-refractivity contribution in [2.75, 3.05) is 12.4 Å². The smallest absolute Gasteiger partial charge is 0.161 e. The average Bonchev–Trinajstić information content (AvgIpc) is 2.32. The number of hydrogen-bond acceptors (Lipinski definition) is 3. The van der Waals surface area contributed by atoms with Crippen LogP contribution in [-0.2, 0) is 0 Å². The number of nitrogens with zero attached hydrogens (tertiary/aromatic N) is 2. The van der Waals surface area contributed by atoms with E-state index in [1.165, 1.54) is 0 Å². The molecule has 3 nitrogen and oxygen atoms in total. The Balaban J connectivity index is 2.56. The van der Waals surface area contributed by atoms with Crippen molar-refractivity contribution >= 4 is 17.4 Å². The third-order valence-electron chi connectivity index (χ3n) is 2.71. The van der Waals surface area contributed by atoms with Crippen molar-refractivity contribution in [2.45, 2.75) is 13.8 Å². The van der Waals surface area contributed by atoms with Gasteiger partial charge in [-0.2, -0.15) is 0 Å². The monoisotopic (exact) mass is 247 g/mol. The lowest BCUT2D eigenvalue weighted by molar-refractivity contribution is 1.07. The molecule has 0 aliphatic heterocycles. The SMILES string of the molecule is CNc1nc(-c2cccc(Cl)c2)nc(C)c1C. The van der Waals surface area contributed by atoms with Crippen LogP contribution in [0.1, 0.15) is 11.3 Å². The van der Waals surface area contributed by atoms with Gasteiger partial charge in [0.1, 0.15) is 5.82 Å². The van der Waals surface area contributed by atoms with Crippen LogP contribution in [0.4, 0.5) is 5.82 Å². The van der Waals surface area contributed by atoms with Gasteiger partial charge in [-0.25, -0.2) is 9.97 Å². The van der Waals surface area contributed by atoms with E-state index in [9.17, 15) is 0 Å². The van der Waals surface area contributed by atoms with Crippen molar-refractivity contribution in [2.24, 2.45) is 0 Å². The van der Waals surface area contributed by atoms with Crippen LogP contribution in [0.15, 0.2) is 24.3 Å². The third-order valence-corrected chi connectivity index (χ3v) is 2.94. The lowest BCUT2D eigenvalue weighted by atomic mass is 10.2. The Morgan fingerprint density at radius 3 is 2.59 bits per heavy atom.